The molecule has 1 aliphatic rings. The average Bonchev–Trinajstić information content (AvgIpc) is 3.37. The molecule has 1 saturated heterocycles. The van der Waals surface area contributed by atoms with E-state index >= 15 is 0 Å². The number of hydrogen-bond acceptors (Lipinski definition) is 5. The number of H-pyrrole nitrogens is 1. The van der Waals surface area contributed by atoms with Crippen LogP contribution in [0.3, 0.4) is 0 Å². The Balaban J connectivity index is 0.000000249. The van der Waals surface area contributed by atoms with E-state index in [1.165, 1.54) is 17.5 Å². The summed E-state index contributed by atoms with van der Waals surface area (Å²) >= 11 is 1.15. The van der Waals surface area contributed by atoms with Crippen molar-refractivity contribution >= 4 is 39.8 Å². The summed E-state index contributed by atoms with van der Waals surface area (Å²) < 4.78 is 17.2. The van der Waals surface area contributed by atoms with Crippen molar-refractivity contribution in [3.63, 3.8) is 0 Å². The van der Waals surface area contributed by atoms with Gasteiger partial charge in [-0.2, -0.15) is 0 Å². The third-order valence-electron chi connectivity index (χ3n) is 6.54. The molecule has 1 aromatic heterocycles. The van der Waals surface area contributed by atoms with Crippen molar-refractivity contribution < 1.29 is 13.4 Å². The number of aromatic nitrogens is 2. The van der Waals surface area contributed by atoms with Gasteiger partial charge in [0.1, 0.15) is 11.6 Å². The largest absolute Gasteiger partial charge is 0.338 e. The first-order valence-corrected chi connectivity index (χ1v) is 13.2. The van der Waals surface area contributed by atoms with Gasteiger partial charge in [0, 0.05) is 54.2 Å². The molecule has 1 amide bonds. The summed E-state index contributed by atoms with van der Waals surface area (Å²) in [4.78, 5) is 26.0. The first-order valence-electron chi connectivity index (χ1n) is 12.4. The summed E-state index contributed by atoms with van der Waals surface area (Å²) in [5.41, 5.74) is 3.55. The maximum absolute atomic E-state index is 12.9. The lowest BCUT2D eigenvalue weighted by atomic mass is 10.0. The first-order chi connectivity index (χ1) is 18.5. The van der Waals surface area contributed by atoms with Crippen LogP contribution >= 0.6 is 12.0 Å². The molecule has 194 valence electrons. The minimum absolute atomic E-state index is 0.0938. The molecule has 6 rings (SSSR count). The molecule has 0 bridgehead atoms. The number of carbonyl (C=O) groups excluding carboxylic acids is 1. The fourth-order valence-electron chi connectivity index (χ4n) is 4.51. The Hall–Kier alpha value is -3.72. The molecule has 1 aliphatic heterocycles. The van der Waals surface area contributed by atoms with Crippen LogP contribution in [-0.4, -0.2) is 66.0 Å². The van der Waals surface area contributed by atoms with Gasteiger partial charge in [0.25, 0.3) is 5.91 Å². The second-order valence-electron chi connectivity index (χ2n) is 9.15. The van der Waals surface area contributed by atoms with Gasteiger partial charge in [-0.15, -0.1) is 0 Å². The molecule has 0 atom stereocenters. The van der Waals surface area contributed by atoms with E-state index in [1.54, 1.807) is 19.2 Å². The van der Waals surface area contributed by atoms with E-state index in [0.29, 0.717) is 5.56 Å². The molecule has 6 nitrogen and oxygen atoms in total. The topological polar surface area (TPSA) is 61.5 Å². The Morgan fingerprint density at radius 1 is 0.947 bits per heavy atom. The molecule has 0 aliphatic carbocycles. The highest BCUT2D eigenvalue weighted by Crippen LogP contribution is 2.28. The van der Waals surface area contributed by atoms with Gasteiger partial charge < -0.3 is 19.0 Å². The number of carbonyl (C=O) groups is 1. The van der Waals surface area contributed by atoms with E-state index in [0.717, 1.165) is 70.9 Å². The van der Waals surface area contributed by atoms with Crippen molar-refractivity contribution in [1.29, 1.82) is 0 Å². The van der Waals surface area contributed by atoms with E-state index in [1.807, 2.05) is 41.3 Å². The molecule has 1 N–H and O–H groups in total. The first kappa shape index (κ1) is 25.9. The van der Waals surface area contributed by atoms with Crippen LogP contribution in [0.25, 0.3) is 33.2 Å². The Morgan fingerprint density at radius 3 is 2.50 bits per heavy atom. The Labute approximate surface area is 225 Å². The molecular weight excluding hydrogens is 499 g/mol. The third-order valence-corrected chi connectivity index (χ3v) is 7.15. The van der Waals surface area contributed by atoms with Gasteiger partial charge in [-0.05, 0) is 54.2 Å². The Bertz CT molecular complexity index is 1560. The van der Waals surface area contributed by atoms with E-state index in [-0.39, 0.29) is 11.7 Å². The van der Waals surface area contributed by atoms with Gasteiger partial charge in [0.2, 0.25) is 0 Å². The standard InChI is InChI=1S/C23H22N4O.C7H7FOS/c1-26-11-13-27(14-12-26)23(28)17-9-10-20-21(15-17)25-22(24-20)19-8-4-6-16-5-2-3-7-18(16)19;1-9-10-7-4-2-3-6(8)5-7/h2-10,15H,11-14H2,1H3,(H,24,25);2-5H,1H3. The highest BCUT2D eigenvalue weighted by molar-refractivity contribution is 7.94. The smallest absolute Gasteiger partial charge is 0.254 e. The van der Waals surface area contributed by atoms with E-state index in [4.69, 9.17) is 9.17 Å². The number of rotatable bonds is 4. The van der Waals surface area contributed by atoms with Crippen LogP contribution in [0.5, 0.6) is 0 Å². The molecule has 0 unspecified atom stereocenters. The average molecular weight is 529 g/mol. The highest BCUT2D eigenvalue weighted by Gasteiger charge is 2.21. The molecular formula is C30H29FN4O2S. The number of fused-ring (bicyclic) bond motifs is 2. The lowest BCUT2D eigenvalue weighted by Gasteiger charge is -2.32. The van der Waals surface area contributed by atoms with Crippen LogP contribution in [0.4, 0.5) is 4.39 Å². The number of benzene rings is 4. The molecule has 2 heterocycles. The predicted octanol–water partition coefficient (Wildman–Crippen LogP) is 6.25. The van der Waals surface area contributed by atoms with Crippen LogP contribution in [0.2, 0.25) is 0 Å². The lowest BCUT2D eigenvalue weighted by Crippen LogP contribution is -2.47. The van der Waals surface area contributed by atoms with Crippen molar-refractivity contribution in [3.8, 4) is 11.4 Å². The van der Waals surface area contributed by atoms with Crippen LogP contribution in [0, 0.1) is 5.82 Å². The van der Waals surface area contributed by atoms with Crippen molar-refractivity contribution in [2.45, 2.75) is 4.90 Å². The van der Waals surface area contributed by atoms with Crippen molar-refractivity contribution in [2.75, 3.05) is 40.3 Å². The molecule has 0 spiro atoms. The van der Waals surface area contributed by atoms with Crippen LogP contribution in [-0.2, 0) is 4.18 Å². The summed E-state index contributed by atoms with van der Waals surface area (Å²) in [6.45, 7) is 3.39. The minimum Gasteiger partial charge on any atom is -0.338 e. The number of imidazole rings is 1. The van der Waals surface area contributed by atoms with Crippen LogP contribution in [0.15, 0.2) is 89.8 Å². The minimum atomic E-state index is -0.234. The van der Waals surface area contributed by atoms with E-state index in [9.17, 15) is 9.18 Å². The van der Waals surface area contributed by atoms with Gasteiger partial charge in [0.05, 0.1) is 18.1 Å². The number of halogens is 1. The number of aromatic amines is 1. The normalized spacial score (nSPS) is 13.9. The summed E-state index contributed by atoms with van der Waals surface area (Å²) in [6.07, 6.45) is 0. The van der Waals surface area contributed by atoms with Gasteiger partial charge >= 0.3 is 0 Å². The fourth-order valence-corrected chi connectivity index (χ4v) is 5.00. The van der Waals surface area contributed by atoms with Gasteiger partial charge in [-0.1, -0.05) is 48.5 Å². The number of amides is 1. The summed E-state index contributed by atoms with van der Waals surface area (Å²) in [7, 11) is 3.64. The molecule has 4 aromatic carbocycles. The van der Waals surface area contributed by atoms with Crippen molar-refractivity contribution in [1.82, 2.24) is 19.8 Å². The van der Waals surface area contributed by atoms with Gasteiger partial charge in [-0.3, -0.25) is 4.79 Å². The summed E-state index contributed by atoms with van der Waals surface area (Å²) in [5.74, 6) is 0.689. The zero-order valence-electron chi connectivity index (χ0n) is 21.4. The SMILES string of the molecule is CN1CCN(C(=O)c2ccc3nc(-c4cccc5ccccc45)[nH]c3c2)CC1.COSc1cccc(F)c1. The van der Waals surface area contributed by atoms with E-state index in [2.05, 4.69) is 41.2 Å². The van der Waals surface area contributed by atoms with Crippen LogP contribution < -0.4 is 0 Å². The number of hydrogen-bond donors (Lipinski definition) is 1. The molecule has 8 heteroatoms. The van der Waals surface area contributed by atoms with Crippen molar-refractivity contribution in [2.24, 2.45) is 0 Å². The van der Waals surface area contributed by atoms with Crippen molar-refractivity contribution in [3.05, 3.63) is 96.3 Å². The maximum atomic E-state index is 12.9. The monoisotopic (exact) mass is 528 g/mol. The van der Waals surface area contributed by atoms with Crippen LogP contribution in [0.1, 0.15) is 10.4 Å². The fraction of sp³-hybridized carbons (Fsp3) is 0.200. The molecule has 0 saturated carbocycles. The molecule has 5 aromatic rings. The number of piperazine rings is 1. The quantitative estimate of drug-likeness (QED) is 0.280. The highest BCUT2D eigenvalue weighted by atomic mass is 32.2. The van der Waals surface area contributed by atoms with Gasteiger partial charge in [0.15, 0.2) is 0 Å². The molecule has 0 radical (unpaired) electrons. The van der Waals surface area contributed by atoms with E-state index < -0.39 is 0 Å². The summed E-state index contributed by atoms with van der Waals surface area (Å²) in [6, 6.07) is 26.6. The van der Waals surface area contributed by atoms with Gasteiger partial charge in [-0.25, -0.2) is 9.37 Å². The number of nitrogens with one attached hydrogen (secondary N) is 1. The maximum Gasteiger partial charge on any atom is 0.254 e. The molecule has 38 heavy (non-hydrogen) atoms. The zero-order valence-corrected chi connectivity index (χ0v) is 22.2. The molecule has 1 fully saturated rings. The lowest BCUT2D eigenvalue weighted by molar-refractivity contribution is 0.0664. The summed E-state index contributed by atoms with van der Waals surface area (Å²) in [5, 5.41) is 2.35. The number of nitrogens with zero attached hydrogens (tertiary/aromatic N) is 3. The number of likely N-dealkylation sites (N-methyl/N-ethyl adjacent to an activating group) is 1. The predicted molar refractivity (Wildman–Crippen MR) is 152 cm³/mol. The second kappa shape index (κ2) is 11.8. The third kappa shape index (κ3) is 5.88. The zero-order chi connectivity index (χ0) is 26.5. The Kier molecular flexibility index (Phi) is 8.03. The Morgan fingerprint density at radius 2 is 1.71 bits per heavy atom. The second-order valence-corrected chi connectivity index (χ2v) is 10.1.